The third-order valence-corrected chi connectivity index (χ3v) is 5.14. The van der Waals surface area contributed by atoms with Crippen molar-refractivity contribution in [2.45, 2.75) is 96.4 Å². The van der Waals surface area contributed by atoms with E-state index >= 15 is 0 Å². The second kappa shape index (κ2) is 18.6. The first kappa shape index (κ1) is 28.8. The van der Waals surface area contributed by atoms with Gasteiger partial charge < -0.3 is 20.6 Å². The molecule has 9 nitrogen and oxygen atoms in total. The van der Waals surface area contributed by atoms with Gasteiger partial charge in [0, 0.05) is 13.0 Å². The van der Waals surface area contributed by atoms with E-state index in [1.54, 1.807) is 0 Å². The molecule has 0 bridgehead atoms. The fourth-order valence-electron chi connectivity index (χ4n) is 3.46. The summed E-state index contributed by atoms with van der Waals surface area (Å²) >= 11 is 0. The van der Waals surface area contributed by atoms with E-state index in [4.69, 9.17) is 10.2 Å². The molecule has 0 aliphatic heterocycles. The standard InChI is InChI=1S/C22H40N2O7/c1-2-3-4-5-6-7-8-9-10-14-19(25)23-15-12-11-13-18(22(30)31)24(16-20(26)27)17-21(28)29/h18H,2-17H2,1H3,(H,23,25)(H,26,27)(H,28,29)(H,30,31)/t18-/m0/s1. The van der Waals surface area contributed by atoms with Crippen LogP contribution >= 0.6 is 0 Å². The quantitative estimate of drug-likeness (QED) is 0.198. The molecule has 180 valence electrons. The van der Waals surface area contributed by atoms with Crippen molar-refractivity contribution in [3.05, 3.63) is 0 Å². The van der Waals surface area contributed by atoms with Gasteiger partial charge in [-0.15, -0.1) is 0 Å². The zero-order valence-electron chi connectivity index (χ0n) is 18.8. The van der Waals surface area contributed by atoms with Crippen LogP contribution in [0.25, 0.3) is 0 Å². The summed E-state index contributed by atoms with van der Waals surface area (Å²) in [7, 11) is 0. The molecule has 0 aromatic carbocycles. The Kier molecular flexibility index (Phi) is 17.3. The minimum Gasteiger partial charge on any atom is -0.480 e. The number of rotatable bonds is 21. The third kappa shape index (κ3) is 17.2. The van der Waals surface area contributed by atoms with Crippen molar-refractivity contribution in [1.82, 2.24) is 10.2 Å². The van der Waals surface area contributed by atoms with Crippen LogP contribution in [0.15, 0.2) is 0 Å². The van der Waals surface area contributed by atoms with Gasteiger partial charge in [-0.1, -0.05) is 58.3 Å². The number of unbranched alkanes of at least 4 members (excludes halogenated alkanes) is 9. The SMILES string of the molecule is CCCCCCCCCCCC(=O)NCCCC[C@@H](C(=O)O)N(CC(=O)O)CC(=O)O. The van der Waals surface area contributed by atoms with Crippen LogP contribution in [0.3, 0.4) is 0 Å². The van der Waals surface area contributed by atoms with E-state index in [0.29, 0.717) is 25.8 Å². The number of nitrogens with one attached hydrogen (secondary N) is 1. The molecule has 4 N–H and O–H groups in total. The molecule has 0 saturated heterocycles. The molecular formula is C22H40N2O7. The van der Waals surface area contributed by atoms with Crippen molar-refractivity contribution in [1.29, 1.82) is 0 Å². The van der Waals surface area contributed by atoms with Crippen molar-refractivity contribution >= 4 is 23.8 Å². The van der Waals surface area contributed by atoms with E-state index in [-0.39, 0.29) is 12.3 Å². The van der Waals surface area contributed by atoms with Crippen LogP contribution in [0.2, 0.25) is 0 Å². The molecule has 1 atom stereocenters. The Balaban J connectivity index is 3.95. The molecule has 0 rings (SSSR count). The molecule has 31 heavy (non-hydrogen) atoms. The molecule has 0 aromatic rings. The monoisotopic (exact) mass is 444 g/mol. The lowest BCUT2D eigenvalue weighted by atomic mass is 10.1. The van der Waals surface area contributed by atoms with Gasteiger partial charge in [0.2, 0.25) is 5.91 Å². The fourth-order valence-corrected chi connectivity index (χ4v) is 3.46. The molecule has 0 heterocycles. The van der Waals surface area contributed by atoms with Crippen molar-refractivity contribution in [2.75, 3.05) is 19.6 Å². The number of carboxylic acids is 3. The second-order valence-corrected chi connectivity index (χ2v) is 7.97. The zero-order valence-corrected chi connectivity index (χ0v) is 18.8. The van der Waals surface area contributed by atoms with Gasteiger partial charge in [-0.3, -0.25) is 24.1 Å². The molecule has 0 aliphatic rings. The van der Waals surface area contributed by atoms with E-state index in [1.165, 1.54) is 38.5 Å². The first-order valence-electron chi connectivity index (χ1n) is 11.4. The molecule has 0 aliphatic carbocycles. The summed E-state index contributed by atoms with van der Waals surface area (Å²) < 4.78 is 0. The first-order valence-corrected chi connectivity index (χ1v) is 11.4. The normalized spacial score (nSPS) is 11.9. The van der Waals surface area contributed by atoms with Gasteiger partial charge in [0.05, 0.1) is 13.1 Å². The Morgan fingerprint density at radius 2 is 1.26 bits per heavy atom. The van der Waals surface area contributed by atoms with Crippen molar-refractivity contribution in [2.24, 2.45) is 0 Å². The van der Waals surface area contributed by atoms with Gasteiger partial charge in [-0.05, 0) is 25.7 Å². The largest absolute Gasteiger partial charge is 0.480 e. The molecule has 0 radical (unpaired) electrons. The first-order chi connectivity index (χ1) is 14.8. The molecule has 0 aromatic heterocycles. The Hall–Kier alpha value is -2.16. The highest BCUT2D eigenvalue weighted by atomic mass is 16.4. The maximum atomic E-state index is 11.9. The van der Waals surface area contributed by atoms with Gasteiger partial charge in [-0.25, -0.2) is 0 Å². The van der Waals surface area contributed by atoms with Gasteiger partial charge in [0.1, 0.15) is 6.04 Å². The summed E-state index contributed by atoms with van der Waals surface area (Å²) in [5, 5.41) is 29.9. The van der Waals surface area contributed by atoms with Gasteiger partial charge >= 0.3 is 17.9 Å². The lowest BCUT2D eigenvalue weighted by Gasteiger charge is -2.25. The maximum absolute atomic E-state index is 11.9. The summed E-state index contributed by atoms with van der Waals surface area (Å²) in [5.41, 5.74) is 0. The summed E-state index contributed by atoms with van der Waals surface area (Å²) in [4.78, 5) is 46.0. The van der Waals surface area contributed by atoms with E-state index in [0.717, 1.165) is 24.2 Å². The highest BCUT2D eigenvalue weighted by Crippen LogP contribution is 2.11. The van der Waals surface area contributed by atoms with Crippen molar-refractivity contribution in [3.63, 3.8) is 0 Å². The number of carbonyl (C=O) groups excluding carboxylic acids is 1. The summed E-state index contributed by atoms with van der Waals surface area (Å²) in [6.45, 7) is 1.31. The van der Waals surface area contributed by atoms with Crippen LogP contribution in [0.4, 0.5) is 0 Å². The predicted octanol–water partition coefficient (Wildman–Crippen LogP) is 3.12. The molecular weight excluding hydrogens is 404 g/mol. The van der Waals surface area contributed by atoms with E-state index in [2.05, 4.69) is 12.2 Å². The number of hydrogen-bond donors (Lipinski definition) is 4. The van der Waals surface area contributed by atoms with Crippen LogP contribution in [-0.4, -0.2) is 69.7 Å². The molecule has 0 spiro atoms. The van der Waals surface area contributed by atoms with Crippen LogP contribution in [0.1, 0.15) is 90.4 Å². The molecule has 1 amide bonds. The van der Waals surface area contributed by atoms with Crippen LogP contribution in [-0.2, 0) is 19.2 Å². The molecule has 9 heteroatoms. The topological polar surface area (TPSA) is 144 Å². The number of carbonyl (C=O) groups is 4. The van der Waals surface area contributed by atoms with Gasteiger partial charge in [-0.2, -0.15) is 0 Å². The van der Waals surface area contributed by atoms with E-state index in [9.17, 15) is 24.3 Å². The van der Waals surface area contributed by atoms with Crippen molar-refractivity contribution < 1.29 is 34.5 Å². The third-order valence-electron chi connectivity index (χ3n) is 5.14. The van der Waals surface area contributed by atoms with Gasteiger partial charge in [0.15, 0.2) is 0 Å². The molecule has 0 saturated carbocycles. The summed E-state index contributed by atoms with van der Waals surface area (Å²) in [5.74, 6) is -3.83. The van der Waals surface area contributed by atoms with Gasteiger partial charge in [0.25, 0.3) is 0 Å². The fraction of sp³-hybridized carbons (Fsp3) is 0.818. The number of amides is 1. The number of nitrogens with zero attached hydrogens (tertiary/aromatic N) is 1. The van der Waals surface area contributed by atoms with E-state index in [1.807, 2.05) is 0 Å². The highest BCUT2D eigenvalue weighted by Gasteiger charge is 2.28. The summed E-state index contributed by atoms with van der Waals surface area (Å²) in [6, 6.07) is -1.19. The second-order valence-electron chi connectivity index (χ2n) is 7.97. The minimum absolute atomic E-state index is 0.0175. The zero-order chi connectivity index (χ0) is 23.5. The number of hydrogen-bond acceptors (Lipinski definition) is 5. The minimum atomic E-state index is -1.28. The maximum Gasteiger partial charge on any atom is 0.320 e. The van der Waals surface area contributed by atoms with Crippen molar-refractivity contribution in [3.8, 4) is 0 Å². The van der Waals surface area contributed by atoms with Crippen LogP contribution in [0.5, 0.6) is 0 Å². The van der Waals surface area contributed by atoms with Crippen LogP contribution < -0.4 is 5.32 Å². The van der Waals surface area contributed by atoms with E-state index < -0.39 is 37.0 Å². The molecule has 0 fully saturated rings. The lowest BCUT2D eigenvalue weighted by molar-refractivity contribution is -0.149. The summed E-state index contributed by atoms with van der Waals surface area (Å²) in [6.07, 6.45) is 12.3. The Bertz CT molecular complexity index is 524. The number of carboxylic acid groups (broad SMARTS) is 3. The average molecular weight is 445 g/mol. The molecule has 0 unspecified atom stereocenters. The number of aliphatic carboxylic acids is 3. The Labute approximate surface area is 185 Å². The Morgan fingerprint density at radius 3 is 1.74 bits per heavy atom. The van der Waals surface area contributed by atoms with Crippen LogP contribution in [0, 0.1) is 0 Å². The lowest BCUT2D eigenvalue weighted by Crippen LogP contribution is -2.46. The predicted molar refractivity (Wildman–Crippen MR) is 117 cm³/mol. The smallest absolute Gasteiger partial charge is 0.320 e. The average Bonchev–Trinajstić information content (AvgIpc) is 2.67. The highest BCUT2D eigenvalue weighted by molar-refractivity contribution is 5.78. The Morgan fingerprint density at radius 1 is 0.742 bits per heavy atom.